The van der Waals surface area contributed by atoms with E-state index < -0.39 is 18.6 Å². The van der Waals surface area contributed by atoms with Gasteiger partial charge in [0.05, 0.1) is 6.10 Å². The van der Waals surface area contributed by atoms with E-state index in [1.165, 1.54) is 6.08 Å². The zero-order valence-corrected chi connectivity index (χ0v) is 6.08. The highest BCUT2D eigenvalue weighted by Crippen LogP contribution is 2.09. The van der Waals surface area contributed by atoms with E-state index in [2.05, 4.69) is 6.58 Å². The van der Waals surface area contributed by atoms with Crippen LogP contribution in [0.5, 0.6) is 0 Å². The Morgan fingerprint density at radius 1 is 1.36 bits per heavy atom. The number of aliphatic hydroxyl groups is 2. The molecule has 0 saturated carbocycles. The number of allylic oxidation sites excluding steroid dienone is 1. The van der Waals surface area contributed by atoms with Crippen LogP contribution in [0.3, 0.4) is 0 Å². The predicted octanol–water partition coefficient (Wildman–Crippen LogP) is 0.940. The second kappa shape index (κ2) is 5.21. The van der Waals surface area contributed by atoms with E-state index in [9.17, 15) is 8.78 Å². The van der Waals surface area contributed by atoms with E-state index in [4.69, 9.17) is 10.2 Å². The summed E-state index contributed by atoms with van der Waals surface area (Å²) in [6.07, 6.45) is -4.13. The Bertz CT molecular complexity index is 117. The normalized spacial score (nSPS) is 16.5. The van der Waals surface area contributed by atoms with Crippen LogP contribution in [0.2, 0.25) is 0 Å². The van der Waals surface area contributed by atoms with Gasteiger partial charge in [0.1, 0.15) is 6.10 Å². The Kier molecular flexibility index (Phi) is 4.98. The van der Waals surface area contributed by atoms with E-state index in [1.807, 2.05) is 0 Å². The number of rotatable bonds is 5. The van der Waals surface area contributed by atoms with Crippen molar-refractivity contribution in [3.63, 3.8) is 0 Å². The molecule has 0 radical (unpaired) electrons. The zero-order valence-electron chi connectivity index (χ0n) is 6.08. The summed E-state index contributed by atoms with van der Waals surface area (Å²) < 4.78 is 23.3. The first kappa shape index (κ1) is 10.5. The van der Waals surface area contributed by atoms with Crippen molar-refractivity contribution in [2.75, 3.05) is 0 Å². The third-order valence-corrected chi connectivity index (χ3v) is 1.32. The monoisotopic (exact) mass is 166 g/mol. The Morgan fingerprint density at radius 2 is 1.91 bits per heavy atom. The van der Waals surface area contributed by atoms with Crippen LogP contribution in [0.25, 0.3) is 0 Å². The van der Waals surface area contributed by atoms with Gasteiger partial charge in [0, 0.05) is 0 Å². The highest BCUT2D eigenvalue weighted by atomic mass is 19.3. The molecule has 0 amide bonds. The van der Waals surface area contributed by atoms with Crippen molar-refractivity contribution in [3.05, 3.63) is 12.7 Å². The van der Waals surface area contributed by atoms with E-state index >= 15 is 0 Å². The maximum Gasteiger partial charge on any atom is 0.266 e. The average Bonchev–Trinajstić information content (AvgIpc) is 1.98. The lowest BCUT2D eigenvalue weighted by atomic mass is 10.1. The van der Waals surface area contributed by atoms with Crippen LogP contribution in [0.4, 0.5) is 8.78 Å². The van der Waals surface area contributed by atoms with E-state index in [0.29, 0.717) is 6.42 Å². The standard InChI is InChI=1S/C7H12F2O2/c1-2-3-4-5(10)6(11)7(8)9/h2,5-7,10-11H,1,3-4H2/t5-,6+/m0/s1. The molecule has 0 aliphatic rings. The lowest BCUT2D eigenvalue weighted by Crippen LogP contribution is -2.32. The molecule has 0 heterocycles. The molecule has 4 heteroatoms. The van der Waals surface area contributed by atoms with Gasteiger partial charge >= 0.3 is 0 Å². The molecule has 0 aliphatic carbocycles. The van der Waals surface area contributed by atoms with Gasteiger partial charge in [-0.3, -0.25) is 0 Å². The summed E-state index contributed by atoms with van der Waals surface area (Å²) in [6.45, 7) is 3.36. The number of aliphatic hydroxyl groups excluding tert-OH is 2. The van der Waals surface area contributed by atoms with Gasteiger partial charge in [-0.15, -0.1) is 6.58 Å². The topological polar surface area (TPSA) is 40.5 Å². The first-order valence-electron chi connectivity index (χ1n) is 3.34. The highest BCUT2D eigenvalue weighted by molar-refractivity contribution is 4.74. The summed E-state index contributed by atoms with van der Waals surface area (Å²) in [5, 5.41) is 17.4. The fourth-order valence-corrected chi connectivity index (χ4v) is 0.627. The van der Waals surface area contributed by atoms with Crippen LogP contribution < -0.4 is 0 Å². The van der Waals surface area contributed by atoms with Crippen molar-refractivity contribution in [2.45, 2.75) is 31.5 Å². The molecule has 0 aromatic rings. The number of alkyl halides is 2. The molecule has 0 aliphatic heterocycles. The van der Waals surface area contributed by atoms with Gasteiger partial charge in [-0.1, -0.05) is 6.08 Å². The molecular formula is C7H12F2O2. The predicted molar refractivity (Wildman–Crippen MR) is 37.4 cm³/mol. The molecule has 0 aromatic carbocycles. The van der Waals surface area contributed by atoms with Gasteiger partial charge in [0.15, 0.2) is 0 Å². The van der Waals surface area contributed by atoms with Crippen molar-refractivity contribution in [1.82, 2.24) is 0 Å². The van der Waals surface area contributed by atoms with Gasteiger partial charge in [-0.25, -0.2) is 8.78 Å². The molecule has 2 atom stereocenters. The molecule has 11 heavy (non-hydrogen) atoms. The number of hydrogen-bond donors (Lipinski definition) is 2. The van der Waals surface area contributed by atoms with Crippen LogP contribution in [0.1, 0.15) is 12.8 Å². The molecular weight excluding hydrogens is 154 g/mol. The first-order chi connectivity index (χ1) is 5.09. The number of hydrogen-bond acceptors (Lipinski definition) is 2. The van der Waals surface area contributed by atoms with Crippen molar-refractivity contribution in [2.24, 2.45) is 0 Å². The first-order valence-corrected chi connectivity index (χ1v) is 3.34. The Morgan fingerprint density at radius 3 is 2.27 bits per heavy atom. The van der Waals surface area contributed by atoms with Gasteiger partial charge in [-0.2, -0.15) is 0 Å². The maximum absolute atomic E-state index is 11.7. The van der Waals surface area contributed by atoms with E-state index in [1.54, 1.807) is 0 Å². The fourth-order valence-electron chi connectivity index (χ4n) is 0.627. The van der Waals surface area contributed by atoms with Crippen LogP contribution in [-0.4, -0.2) is 28.8 Å². The molecule has 0 unspecified atom stereocenters. The second-order valence-electron chi connectivity index (χ2n) is 2.26. The van der Waals surface area contributed by atoms with Crippen LogP contribution >= 0.6 is 0 Å². The molecule has 0 saturated heterocycles. The third-order valence-electron chi connectivity index (χ3n) is 1.32. The van der Waals surface area contributed by atoms with Gasteiger partial charge in [-0.05, 0) is 12.8 Å². The average molecular weight is 166 g/mol. The van der Waals surface area contributed by atoms with Crippen molar-refractivity contribution >= 4 is 0 Å². The summed E-state index contributed by atoms with van der Waals surface area (Å²) in [4.78, 5) is 0. The Balaban J connectivity index is 3.63. The van der Waals surface area contributed by atoms with Gasteiger partial charge < -0.3 is 10.2 Å². The smallest absolute Gasteiger partial charge is 0.266 e. The third kappa shape index (κ3) is 4.06. The lowest BCUT2D eigenvalue weighted by molar-refractivity contribution is -0.0773. The second-order valence-corrected chi connectivity index (χ2v) is 2.26. The molecule has 0 rings (SSSR count). The minimum absolute atomic E-state index is 0.120. The van der Waals surface area contributed by atoms with Crippen LogP contribution in [0, 0.1) is 0 Å². The van der Waals surface area contributed by atoms with Crippen LogP contribution in [-0.2, 0) is 0 Å². The Hall–Kier alpha value is -0.480. The van der Waals surface area contributed by atoms with Crippen molar-refractivity contribution < 1.29 is 19.0 Å². The summed E-state index contributed by atoms with van der Waals surface area (Å²) in [5.74, 6) is 0. The SMILES string of the molecule is C=CCC[C@H](O)[C@@H](O)C(F)F. The van der Waals surface area contributed by atoms with E-state index in [-0.39, 0.29) is 6.42 Å². The Labute approximate surface area is 64.2 Å². The molecule has 0 aromatic heterocycles. The fraction of sp³-hybridized carbons (Fsp3) is 0.714. The summed E-state index contributed by atoms with van der Waals surface area (Å²) in [6, 6.07) is 0. The minimum Gasteiger partial charge on any atom is -0.390 e. The maximum atomic E-state index is 11.7. The molecule has 2 N–H and O–H groups in total. The largest absolute Gasteiger partial charge is 0.390 e. The van der Waals surface area contributed by atoms with E-state index in [0.717, 1.165) is 0 Å². The molecule has 0 fully saturated rings. The number of halogens is 2. The van der Waals surface area contributed by atoms with Crippen LogP contribution in [0.15, 0.2) is 12.7 Å². The van der Waals surface area contributed by atoms with Gasteiger partial charge in [0.2, 0.25) is 0 Å². The zero-order chi connectivity index (χ0) is 8.85. The van der Waals surface area contributed by atoms with Crippen molar-refractivity contribution in [3.8, 4) is 0 Å². The van der Waals surface area contributed by atoms with Crippen molar-refractivity contribution in [1.29, 1.82) is 0 Å². The lowest BCUT2D eigenvalue weighted by Gasteiger charge is -2.15. The molecule has 66 valence electrons. The summed E-state index contributed by atoms with van der Waals surface area (Å²) >= 11 is 0. The molecule has 2 nitrogen and oxygen atoms in total. The minimum atomic E-state index is -2.88. The highest BCUT2D eigenvalue weighted by Gasteiger charge is 2.24. The van der Waals surface area contributed by atoms with Gasteiger partial charge in [0.25, 0.3) is 6.43 Å². The molecule has 0 bridgehead atoms. The summed E-state index contributed by atoms with van der Waals surface area (Å²) in [7, 11) is 0. The quantitative estimate of drug-likeness (QED) is 0.597. The summed E-state index contributed by atoms with van der Waals surface area (Å²) in [5.41, 5.74) is 0. The molecule has 0 spiro atoms.